The molecule has 2 aromatic carbocycles. The van der Waals surface area contributed by atoms with Gasteiger partial charge in [0.15, 0.2) is 0 Å². The van der Waals surface area contributed by atoms with Crippen molar-refractivity contribution in [3.8, 4) is 9.88 Å². The largest absolute Gasteiger partial charge is 0.320 e. The highest BCUT2D eigenvalue weighted by atomic mass is 35.5. The molecule has 0 spiro atoms. The highest BCUT2D eigenvalue weighted by Crippen LogP contribution is 2.35. The molecule has 1 N–H and O–H groups in total. The third kappa shape index (κ3) is 3.41. The number of anilines is 1. The summed E-state index contributed by atoms with van der Waals surface area (Å²) in [6.45, 7) is 0. The fourth-order valence-corrected chi connectivity index (χ4v) is 4.70. The van der Waals surface area contributed by atoms with Crippen LogP contribution in [0.3, 0.4) is 0 Å². The third-order valence-corrected chi connectivity index (χ3v) is 6.35. The maximum Gasteiger partial charge on any atom is 0.265 e. The molecule has 3 nitrogen and oxygen atoms in total. The topological polar surface area (TPSA) is 42.0 Å². The molecule has 0 radical (unpaired) electrons. The Morgan fingerprint density at radius 3 is 2.64 bits per heavy atom. The predicted octanol–water partition coefficient (Wildman–Crippen LogP) is 6.58. The first-order chi connectivity index (χ1) is 12.1. The summed E-state index contributed by atoms with van der Waals surface area (Å²) in [4.78, 5) is 18.6. The van der Waals surface area contributed by atoms with E-state index in [0.29, 0.717) is 20.6 Å². The van der Waals surface area contributed by atoms with Gasteiger partial charge < -0.3 is 5.32 Å². The molecule has 0 saturated heterocycles. The van der Waals surface area contributed by atoms with E-state index in [4.69, 9.17) is 23.2 Å². The number of hydrogen-bond donors (Lipinski definition) is 1. The Labute approximate surface area is 161 Å². The normalized spacial score (nSPS) is 11.0. The summed E-state index contributed by atoms with van der Waals surface area (Å²) in [5.74, 6) is -0.207. The number of amides is 1. The lowest BCUT2D eigenvalue weighted by Crippen LogP contribution is -2.10. The van der Waals surface area contributed by atoms with Gasteiger partial charge in [0.05, 0.1) is 30.7 Å². The van der Waals surface area contributed by atoms with Gasteiger partial charge in [-0.2, -0.15) is 0 Å². The number of hydrogen-bond acceptors (Lipinski definition) is 4. The van der Waals surface area contributed by atoms with Crippen molar-refractivity contribution in [3.63, 3.8) is 0 Å². The van der Waals surface area contributed by atoms with E-state index in [1.807, 2.05) is 30.3 Å². The fourth-order valence-electron chi connectivity index (χ4n) is 2.33. The van der Waals surface area contributed by atoms with Gasteiger partial charge >= 0.3 is 0 Å². The highest BCUT2D eigenvalue weighted by Gasteiger charge is 2.14. The van der Waals surface area contributed by atoms with Crippen LogP contribution in [0.1, 0.15) is 9.67 Å². The second-order valence-electron chi connectivity index (χ2n) is 5.23. The van der Waals surface area contributed by atoms with E-state index in [2.05, 4.69) is 10.3 Å². The van der Waals surface area contributed by atoms with E-state index < -0.39 is 0 Å². The minimum atomic E-state index is -0.207. The zero-order valence-electron chi connectivity index (χ0n) is 12.6. The summed E-state index contributed by atoms with van der Waals surface area (Å²) in [6.07, 6.45) is 0. The molecule has 0 atom stereocenters. The Kier molecular flexibility index (Phi) is 4.48. The highest BCUT2D eigenvalue weighted by molar-refractivity contribution is 7.26. The first-order valence-electron chi connectivity index (χ1n) is 7.32. The van der Waals surface area contributed by atoms with E-state index >= 15 is 0 Å². The molecule has 25 heavy (non-hydrogen) atoms. The van der Waals surface area contributed by atoms with Crippen molar-refractivity contribution in [1.82, 2.24) is 4.98 Å². The molecular formula is C18H10Cl2N2OS2. The number of rotatable bonds is 3. The Bertz CT molecular complexity index is 1050. The minimum absolute atomic E-state index is 0.207. The number of halogens is 2. The summed E-state index contributed by atoms with van der Waals surface area (Å²) in [6, 6.07) is 16.7. The quantitative estimate of drug-likeness (QED) is 0.418. The first kappa shape index (κ1) is 16.5. The standard InChI is InChI=1S/C18H10Cl2N2OS2/c19-10-5-6-12(11(20)9-10)21-17(23)15-7-8-16(24-15)18-22-13-3-1-2-4-14(13)25-18/h1-9H,(H,21,23). The van der Waals surface area contributed by atoms with Crippen LogP contribution in [0.25, 0.3) is 20.1 Å². The van der Waals surface area contributed by atoms with Crippen LogP contribution in [0, 0.1) is 0 Å². The summed E-state index contributed by atoms with van der Waals surface area (Å²) in [5.41, 5.74) is 1.50. The molecule has 124 valence electrons. The summed E-state index contributed by atoms with van der Waals surface area (Å²) in [5, 5.41) is 4.65. The summed E-state index contributed by atoms with van der Waals surface area (Å²) in [7, 11) is 0. The van der Waals surface area contributed by atoms with E-state index in [0.717, 1.165) is 20.1 Å². The van der Waals surface area contributed by atoms with Gasteiger partial charge in [0.25, 0.3) is 5.91 Å². The molecule has 1 amide bonds. The molecule has 4 aromatic rings. The molecule has 0 aliphatic heterocycles. The van der Waals surface area contributed by atoms with Gasteiger partial charge in [-0.25, -0.2) is 4.98 Å². The van der Waals surface area contributed by atoms with Crippen molar-refractivity contribution < 1.29 is 4.79 Å². The smallest absolute Gasteiger partial charge is 0.265 e. The molecule has 4 rings (SSSR count). The molecule has 7 heteroatoms. The number of fused-ring (bicyclic) bond motifs is 1. The fraction of sp³-hybridized carbons (Fsp3) is 0. The van der Waals surface area contributed by atoms with Crippen molar-refractivity contribution in [3.05, 3.63) is 69.5 Å². The predicted molar refractivity (Wildman–Crippen MR) is 107 cm³/mol. The van der Waals surface area contributed by atoms with Gasteiger partial charge in [0.2, 0.25) is 0 Å². The van der Waals surface area contributed by atoms with Crippen molar-refractivity contribution in [2.24, 2.45) is 0 Å². The monoisotopic (exact) mass is 404 g/mol. The third-order valence-electron chi connectivity index (χ3n) is 3.51. The average molecular weight is 405 g/mol. The molecule has 0 aliphatic rings. The van der Waals surface area contributed by atoms with Gasteiger partial charge in [-0.1, -0.05) is 35.3 Å². The number of nitrogens with zero attached hydrogens (tertiary/aromatic N) is 1. The first-order valence-corrected chi connectivity index (χ1v) is 9.71. The number of aromatic nitrogens is 1. The molecule has 0 saturated carbocycles. The number of benzene rings is 2. The van der Waals surface area contributed by atoms with Crippen LogP contribution in [0.5, 0.6) is 0 Å². The van der Waals surface area contributed by atoms with Crippen LogP contribution < -0.4 is 5.32 Å². The minimum Gasteiger partial charge on any atom is -0.320 e. The lowest BCUT2D eigenvalue weighted by Gasteiger charge is -2.05. The number of carbonyl (C=O) groups is 1. The lowest BCUT2D eigenvalue weighted by atomic mass is 10.3. The second kappa shape index (κ2) is 6.77. The van der Waals surface area contributed by atoms with E-state index in [1.165, 1.54) is 11.3 Å². The summed E-state index contributed by atoms with van der Waals surface area (Å²) < 4.78 is 1.13. The van der Waals surface area contributed by atoms with Crippen LogP contribution in [0.2, 0.25) is 10.0 Å². The zero-order chi connectivity index (χ0) is 17.4. The van der Waals surface area contributed by atoms with Crippen molar-refractivity contribution in [2.75, 3.05) is 5.32 Å². The zero-order valence-corrected chi connectivity index (χ0v) is 15.8. The Hall–Kier alpha value is -1.92. The molecule has 0 fully saturated rings. The number of thiazole rings is 1. The van der Waals surface area contributed by atoms with Crippen LogP contribution in [-0.2, 0) is 0 Å². The van der Waals surface area contributed by atoms with Crippen LogP contribution in [0.15, 0.2) is 54.6 Å². The van der Waals surface area contributed by atoms with Gasteiger partial charge in [0, 0.05) is 5.02 Å². The number of nitrogens with one attached hydrogen (secondary N) is 1. The summed E-state index contributed by atoms with van der Waals surface area (Å²) >= 11 is 15.0. The van der Waals surface area contributed by atoms with E-state index in [9.17, 15) is 4.79 Å². The lowest BCUT2D eigenvalue weighted by molar-refractivity contribution is 0.103. The van der Waals surface area contributed by atoms with Gasteiger partial charge in [-0.05, 0) is 42.5 Å². The molecule has 0 aliphatic carbocycles. The molecule has 0 unspecified atom stereocenters. The SMILES string of the molecule is O=C(Nc1ccc(Cl)cc1Cl)c1ccc(-c2nc3ccccc3s2)s1. The molecule has 2 aromatic heterocycles. The molecular weight excluding hydrogens is 395 g/mol. The number of carbonyl (C=O) groups excluding carboxylic acids is 1. The van der Waals surface area contributed by atoms with Crippen LogP contribution in [-0.4, -0.2) is 10.9 Å². The Morgan fingerprint density at radius 1 is 1.00 bits per heavy atom. The average Bonchev–Trinajstić information content (AvgIpc) is 3.23. The second-order valence-corrected chi connectivity index (χ2v) is 8.19. The van der Waals surface area contributed by atoms with Gasteiger partial charge in [-0.3, -0.25) is 4.79 Å². The maximum absolute atomic E-state index is 12.5. The van der Waals surface area contributed by atoms with E-state index in [-0.39, 0.29) is 5.91 Å². The Balaban J connectivity index is 1.58. The molecule has 0 bridgehead atoms. The van der Waals surface area contributed by atoms with Gasteiger partial charge in [-0.15, -0.1) is 22.7 Å². The van der Waals surface area contributed by atoms with Gasteiger partial charge in [0.1, 0.15) is 5.01 Å². The molecule has 2 heterocycles. The Morgan fingerprint density at radius 2 is 1.84 bits per heavy atom. The van der Waals surface area contributed by atoms with Crippen molar-refractivity contribution >= 4 is 67.7 Å². The van der Waals surface area contributed by atoms with Crippen LogP contribution >= 0.6 is 45.9 Å². The van der Waals surface area contributed by atoms with Crippen molar-refractivity contribution in [2.45, 2.75) is 0 Å². The van der Waals surface area contributed by atoms with E-state index in [1.54, 1.807) is 35.6 Å². The number of para-hydroxylation sites is 1. The van der Waals surface area contributed by atoms with Crippen molar-refractivity contribution in [1.29, 1.82) is 0 Å². The maximum atomic E-state index is 12.5. The van der Waals surface area contributed by atoms with Crippen LogP contribution in [0.4, 0.5) is 5.69 Å². The number of thiophene rings is 1.